The zero-order valence-corrected chi connectivity index (χ0v) is 10.1. The quantitative estimate of drug-likeness (QED) is 0.836. The van der Waals surface area contributed by atoms with E-state index in [9.17, 15) is 0 Å². The molecule has 1 aromatic rings. The van der Waals surface area contributed by atoms with Gasteiger partial charge in [0.2, 0.25) is 0 Å². The molecule has 0 aliphatic heterocycles. The van der Waals surface area contributed by atoms with Gasteiger partial charge in [-0.2, -0.15) is 5.26 Å². The molecule has 2 unspecified atom stereocenters. The Morgan fingerprint density at radius 3 is 3.06 bits per heavy atom. The predicted octanol–water partition coefficient (Wildman–Crippen LogP) is 2.38. The van der Waals surface area contributed by atoms with E-state index in [1.165, 1.54) is 19.3 Å². The van der Waals surface area contributed by atoms with E-state index in [-0.39, 0.29) is 0 Å². The van der Waals surface area contributed by atoms with Crippen LogP contribution in [0.25, 0.3) is 0 Å². The summed E-state index contributed by atoms with van der Waals surface area (Å²) in [4.78, 5) is 4.18. The molecule has 1 fully saturated rings. The van der Waals surface area contributed by atoms with Crippen LogP contribution in [0.4, 0.5) is 11.5 Å². The van der Waals surface area contributed by atoms with Crippen LogP contribution >= 0.6 is 0 Å². The number of nitrogens with zero attached hydrogens (tertiary/aromatic N) is 2. The first kappa shape index (κ1) is 11.7. The molecule has 17 heavy (non-hydrogen) atoms. The molecule has 2 rings (SSSR count). The van der Waals surface area contributed by atoms with Gasteiger partial charge in [-0.1, -0.05) is 13.3 Å². The highest BCUT2D eigenvalue weighted by molar-refractivity contribution is 5.68. The fourth-order valence-corrected chi connectivity index (χ4v) is 2.46. The van der Waals surface area contributed by atoms with Gasteiger partial charge in [-0.05, 0) is 30.7 Å². The topological polar surface area (TPSA) is 74.7 Å². The molecule has 0 aromatic carbocycles. The van der Waals surface area contributed by atoms with Crippen molar-refractivity contribution in [3.05, 3.63) is 17.8 Å². The van der Waals surface area contributed by atoms with E-state index >= 15 is 0 Å². The lowest BCUT2D eigenvalue weighted by molar-refractivity contribution is 0.536. The Labute approximate surface area is 102 Å². The van der Waals surface area contributed by atoms with Crippen LogP contribution in [0.2, 0.25) is 0 Å². The molecule has 1 heterocycles. The molecule has 2 atom stereocenters. The summed E-state index contributed by atoms with van der Waals surface area (Å²) in [6.45, 7) is 3.19. The molecular weight excluding hydrogens is 212 g/mol. The lowest BCUT2D eigenvalue weighted by atomic mass is 10.1. The molecule has 90 valence electrons. The molecule has 0 saturated heterocycles. The Morgan fingerprint density at radius 2 is 2.41 bits per heavy atom. The Kier molecular flexibility index (Phi) is 3.48. The van der Waals surface area contributed by atoms with Gasteiger partial charge in [0, 0.05) is 12.7 Å². The van der Waals surface area contributed by atoms with Crippen LogP contribution in [0.1, 0.15) is 31.7 Å². The first-order valence-electron chi connectivity index (χ1n) is 6.09. The molecule has 3 N–H and O–H groups in total. The van der Waals surface area contributed by atoms with Crippen molar-refractivity contribution in [3.63, 3.8) is 0 Å². The highest BCUT2D eigenvalue weighted by atomic mass is 15.0. The van der Waals surface area contributed by atoms with Gasteiger partial charge in [-0.25, -0.2) is 4.98 Å². The van der Waals surface area contributed by atoms with Crippen molar-refractivity contribution in [2.45, 2.75) is 26.2 Å². The van der Waals surface area contributed by atoms with Crippen LogP contribution in [0.15, 0.2) is 12.3 Å². The number of anilines is 2. The van der Waals surface area contributed by atoms with Crippen LogP contribution in [0.5, 0.6) is 0 Å². The van der Waals surface area contributed by atoms with Crippen LogP contribution in [-0.2, 0) is 0 Å². The van der Waals surface area contributed by atoms with E-state index in [1.807, 2.05) is 0 Å². The normalized spacial score (nSPS) is 23.3. The van der Waals surface area contributed by atoms with E-state index in [2.05, 4.69) is 23.3 Å². The van der Waals surface area contributed by atoms with E-state index in [0.717, 1.165) is 12.5 Å². The van der Waals surface area contributed by atoms with E-state index in [0.29, 0.717) is 23.0 Å². The molecular formula is C13H18N4. The molecule has 0 radical (unpaired) electrons. The summed E-state index contributed by atoms with van der Waals surface area (Å²) in [5, 5.41) is 12.1. The average molecular weight is 230 g/mol. The smallest absolute Gasteiger partial charge is 0.150 e. The van der Waals surface area contributed by atoms with Gasteiger partial charge in [-0.3, -0.25) is 0 Å². The third-order valence-electron chi connectivity index (χ3n) is 3.47. The maximum Gasteiger partial charge on any atom is 0.150 e. The van der Waals surface area contributed by atoms with Gasteiger partial charge in [0.15, 0.2) is 5.82 Å². The van der Waals surface area contributed by atoms with Crippen molar-refractivity contribution in [3.8, 4) is 6.07 Å². The Balaban J connectivity index is 1.98. The van der Waals surface area contributed by atoms with Crippen LogP contribution in [0, 0.1) is 23.2 Å². The fraction of sp³-hybridized carbons (Fsp3) is 0.538. The van der Waals surface area contributed by atoms with Crippen molar-refractivity contribution in [1.29, 1.82) is 5.26 Å². The summed E-state index contributed by atoms with van der Waals surface area (Å²) >= 11 is 0. The number of nitrogens with one attached hydrogen (secondary N) is 1. The number of pyridine rings is 1. The van der Waals surface area contributed by atoms with E-state index < -0.39 is 0 Å². The summed E-state index contributed by atoms with van der Waals surface area (Å²) in [6.07, 6.45) is 5.47. The monoisotopic (exact) mass is 230 g/mol. The summed E-state index contributed by atoms with van der Waals surface area (Å²) in [7, 11) is 0. The second kappa shape index (κ2) is 5.05. The standard InChI is InChI=1S/C13H18N4/c1-9-2-3-10(6-9)8-17-13-12(15)11(7-14)4-5-16-13/h4-5,9-10H,2-3,6,8,15H2,1H3,(H,16,17). The minimum Gasteiger partial charge on any atom is -0.395 e. The second-order valence-electron chi connectivity index (χ2n) is 4.90. The molecule has 1 saturated carbocycles. The van der Waals surface area contributed by atoms with Crippen LogP contribution < -0.4 is 11.1 Å². The predicted molar refractivity (Wildman–Crippen MR) is 68.4 cm³/mol. The van der Waals surface area contributed by atoms with Gasteiger partial charge < -0.3 is 11.1 Å². The molecule has 0 amide bonds. The number of nitriles is 1. The number of nitrogen functional groups attached to an aromatic ring is 1. The summed E-state index contributed by atoms with van der Waals surface area (Å²) < 4.78 is 0. The van der Waals surface area contributed by atoms with Crippen molar-refractivity contribution in [2.75, 3.05) is 17.6 Å². The Bertz CT molecular complexity index is 436. The van der Waals surface area contributed by atoms with Crippen LogP contribution in [0.3, 0.4) is 0 Å². The lowest BCUT2D eigenvalue weighted by Gasteiger charge is -2.13. The van der Waals surface area contributed by atoms with Crippen LogP contribution in [-0.4, -0.2) is 11.5 Å². The van der Waals surface area contributed by atoms with Crippen molar-refractivity contribution >= 4 is 11.5 Å². The first-order chi connectivity index (χ1) is 8.20. The van der Waals surface area contributed by atoms with E-state index in [1.54, 1.807) is 12.3 Å². The van der Waals surface area contributed by atoms with E-state index in [4.69, 9.17) is 11.0 Å². The molecule has 1 aromatic heterocycles. The molecule has 4 heteroatoms. The van der Waals surface area contributed by atoms with Gasteiger partial charge in [0.1, 0.15) is 6.07 Å². The maximum atomic E-state index is 8.87. The number of aromatic nitrogens is 1. The largest absolute Gasteiger partial charge is 0.395 e. The van der Waals surface area contributed by atoms with Gasteiger partial charge in [0.05, 0.1) is 11.3 Å². The zero-order valence-electron chi connectivity index (χ0n) is 10.1. The third-order valence-corrected chi connectivity index (χ3v) is 3.47. The highest BCUT2D eigenvalue weighted by Gasteiger charge is 2.21. The molecule has 0 bridgehead atoms. The number of hydrogen-bond donors (Lipinski definition) is 2. The summed E-state index contributed by atoms with van der Waals surface area (Å²) in [5.41, 5.74) is 6.81. The van der Waals surface area contributed by atoms with Crippen molar-refractivity contribution < 1.29 is 0 Å². The third kappa shape index (κ3) is 2.68. The fourth-order valence-electron chi connectivity index (χ4n) is 2.46. The van der Waals surface area contributed by atoms with Crippen molar-refractivity contribution in [1.82, 2.24) is 4.98 Å². The molecule has 1 aliphatic rings. The van der Waals surface area contributed by atoms with Gasteiger partial charge >= 0.3 is 0 Å². The summed E-state index contributed by atoms with van der Waals surface area (Å²) in [6, 6.07) is 3.70. The second-order valence-corrected chi connectivity index (χ2v) is 4.90. The Morgan fingerprint density at radius 1 is 1.59 bits per heavy atom. The molecule has 0 spiro atoms. The number of hydrogen-bond acceptors (Lipinski definition) is 4. The maximum absolute atomic E-state index is 8.87. The molecule has 4 nitrogen and oxygen atoms in total. The average Bonchev–Trinajstić information content (AvgIpc) is 2.74. The van der Waals surface area contributed by atoms with Gasteiger partial charge in [0.25, 0.3) is 0 Å². The Hall–Kier alpha value is -1.76. The minimum absolute atomic E-state index is 0.459. The minimum atomic E-state index is 0.459. The molecule has 1 aliphatic carbocycles. The lowest BCUT2D eigenvalue weighted by Crippen LogP contribution is -2.14. The number of rotatable bonds is 3. The zero-order chi connectivity index (χ0) is 12.3. The first-order valence-corrected chi connectivity index (χ1v) is 6.09. The van der Waals surface area contributed by atoms with Gasteiger partial charge in [-0.15, -0.1) is 0 Å². The number of nitrogens with two attached hydrogens (primary N) is 1. The highest BCUT2D eigenvalue weighted by Crippen LogP contribution is 2.30. The summed E-state index contributed by atoms with van der Waals surface area (Å²) in [5.74, 6) is 2.18. The van der Waals surface area contributed by atoms with Crippen molar-refractivity contribution in [2.24, 2.45) is 11.8 Å². The SMILES string of the molecule is CC1CCC(CNc2nccc(C#N)c2N)C1.